The number of Topliss-reactive ketones (excluding diaryl/α,β-unsaturated/α-hetero) is 1. The van der Waals surface area contributed by atoms with E-state index >= 15 is 0 Å². The summed E-state index contributed by atoms with van der Waals surface area (Å²) < 4.78 is 11.1. The molecule has 0 saturated carbocycles. The molecule has 1 rings (SSSR count). The van der Waals surface area contributed by atoms with Crippen LogP contribution in [0.1, 0.15) is 24.2 Å². The Balaban J connectivity index is 2.73. The van der Waals surface area contributed by atoms with E-state index in [4.69, 9.17) is 9.47 Å². The minimum Gasteiger partial charge on any atom is -0.496 e. The average molecular weight is 358 g/mol. The SMILES string of the molecule is COCCN(CC(=O)c1ccc(OC)c(Br)c1)CC(C)C. The van der Waals surface area contributed by atoms with Gasteiger partial charge in [-0.1, -0.05) is 13.8 Å². The summed E-state index contributed by atoms with van der Waals surface area (Å²) in [6.45, 7) is 6.97. The zero-order valence-electron chi connectivity index (χ0n) is 13.2. The Hall–Kier alpha value is -0.910. The lowest BCUT2D eigenvalue weighted by Crippen LogP contribution is -2.35. The number of ketones is 1. The predicted octanol–water partition coefficient (Wildman–Crippen LogP) is 3.24. The minimum atomic E-state index is 0.107. The van der Waals surface area contributed by atoms with Gasteiger partial charge < -0.3 is 9.47 Å². The first-order chi connectivity index (χ1) is 9.97. The number of halogens is 1. The largest absolute Gasteiger partial charge is 0.496 e. The van der Waals surface area contributed by atoms with Crippen LogP contribution in [0.25, 0.3) is 0 Å². The molecule has 0 amide bonds. The number of nitrogens with zero attached hydrogens (tertiary/aromatic N) is 1. The Morgan fingerprint density at radius 1 is 1.33 bits per heavy atom. The standard InChI is InChI=1S/C16H24BrNO3/c1-12(2)10-18(7-8-20-3)11-15(19)13-5-6-16(21-4)14(17)9-13/h5-6,9,12H,7-8,10-11H2,1-4H3. The van der Waals surface area contributed by atoms with Crippen LogP contribution < -0.4 is 4.74 Å². The van der Waals surface area contributed by atoms with Crippen molar-refractivity contribution in [2.75, 3.05) is 40.5 Å². The third-order valence-corrected chi connectivity index (χ3v) is 3.70. The van der Waals surface area contributed by atoms with Gasteiger partial charge in [-0.15, -0.1) is 0 Å². The number of carbonyl (C=O) groups excluding carboxylic acids is 1. The second kappa shape index (κ2) is 9.18. The summed E-state index contributed by atoms with van der Waals surface area (Å²) in [5, 5.41) is 0. The number of rotatable bonds is 9. The molecule has 0 atom stereocenters. The van der Waals surface area contributed by atoms with Crippen molar-refractivity contribution < 1.29 is 14.3 Å². The van der Waals surface area contributed by atoms with Gasteiger partial charge in [0.15, 0.2) is 5.78 Å². The Morgan fingerprint density at radius 2 is 2.05 bits per heavy atom. The van der Waals surface area contributed by atoms with E-state index in [9.17, 15) is 4.79 Å². The normalized spacial score (nSPS) is 11.2. The van der Waals surface area contributed by atoms with Crippen LogP contribution in [0.5, 0.6) is 5.75 Å². The van der Waals surface area contributed by atoms with Gasteiger partial charge in [0.1, 0.15) is 5.75 Å². The Kier molecular flexibility index (Phi) is 7.93. The maximum atomic E-state index is 12.4. The molecular weight excluding hydrogens is 334 g/mol. The van der Waals surface area contributed by atoms with Gasteiger partial charge in [0.2, 0.25) is 0 Å². The molecule has 0 aliphatic heterocycles. The Bertz CT molecular complexity index is 463. The molecule has 0 aliphatic carbocycles. The maximum absolute atomic E-state index is 12.4. The van der Waals surface area contributed by atoms with Gasteiger partial charge in [0, 0.05) is 25.8 Å². The number of hydrogen-bond donors (Lipinski definition) is 0. The van der Waals surface area contributed by atoms with Crippen LogP contribution in [0.3, 0.4) is 0 Å². The maximum Gasteiger partial charge on any atom is 0.176 e. The summed E-state index contributed by atoms with van der Waals surface area (Å²) in [5.41, 5.74) is 0.689. The lowest BCUT2D eigenvalue weighted by molar-refractivity contribution is 0.0881. The van der Waals surface area contributed by atoms with Crippen LogP contribution in [0, 0.1) is 5.92 Å². The molecule has 0 heterocycles. The van der Waals surface area contributed by atoms with Gasteiger partial charge in [0.05, 0.1) is 24.7 Å². The monoisotopic (exact) mass is 357 g/mol. The molecule has 0 spiro atoms. The summed E-state index contributed by atoms with van der Waals surface area (Å²) >= 11 is 3.41. The van der Waals surface area contributed by atoms with Gasteiger partial charge >= 0.3 is 0 Å². The summed E-state index contributed by atoms with van der Waals surface area (Å²) in [4.78, 5) is 14.5. The van der Waals surface area contributed by atoms with E-state index in [1.54, 1.807) is 26.4 Å². The fraction of sp³-hybridized carbons (Fsp3) is 0.562. The summed E-state index contributed by atoms with van der Waals surface area (Å²) in [7, 11) is 3.28. The molecule has 5 heteroatoms. The first-order valence-corrected chi connectivity index (χ1v) is 7.85. The molecular formula is C16H24BrNO3. The van der Waals surface area contributed by atoms with Gasteiger partial charge in [-0.2, -0.15) is 0 Å². The molecule has 0 fully saturated rings. The number of hydrogen-bond acceptors (Lipinski definition) is 4. The van der Waals surface area contributed by atoms with Crippen LogP contribution in [-0.2, 0) is 4.74 Å². The molecule has 1 aromatic carbocycles. The summed E-state index contributed by atoms with van der Waals surface area (Å²) in [6.07, 6.45) is 0. The highest BCUT2D eigenvalue weighted by molar-refractivity contribution is 9.10. The zero-order chi connectivity index (χ0) is 15.8. The van der Waals surface area contributed by atoms with Crippen LogP contribution in [0.4, 0.5) is 0 Å². The molecule has 0 saturated heterocycles. The van der Waals surface area contributed by atoms with Crippen LogP contribution >= 0.6 is 15.9 Å². The van der Waals surface area contributed by atoms with Crippen molar-refractivity contribution in [3.05, 3.63) is 28.2 Å². The third kappa shape index (κ3) is 6.16. The van der Waals surface area contributed by atoms with Crippen molar-refractivity contribution >= 4 is 21.7 Å². The fourth-order valence-corrected chi connectivity index (χ4v) is 2.65. The molecule has 1 aromatic rings. The van der Waals surface area contributed by atoms with Gasteiger partial charge in [-0.25, -0.2) is 0 Å². The van der Waals surface area contributed by atoms with E-state index in [2.05, 4.69) is 34.7 Å². The smallest absolute Gasteiger partial charge is 0.176 e. The second-order valence-corrected chi connectivity index (χ2v) is 6.25. The highest BCUT2D eigenvalue weighted by Crippen LogP contribution is 2.25. The Labute approximate surface area is 135 Å². The molecule has 0 unspecified atom stereocenters. The summed E-state index contributed by atoms with van der Waals surface area (Å²) in [6, 6.07) is 5.42. The minimum absolute atomic E-state index is 0.107. The lowest BCUT2D eigenvalue weighted by Gasteiger charge is -2.23. The van der Waals surface area contributed by atoms with Crippen LogP contribution in [0.2, 0.25) is 0 Å². The number of carbonyl (C=O) groups is 1. The van der Waals surface area contributed by atoms with Crippen LogP contribution in [-0.4, -0.2) is 51.1 Å². The van der Waals surface area contributed by atoms with Crippen molar-refractivity contribution in [2.24, 2.45) is 5.92 Å². The first-order valence-electron chi connectivity index (χ1n) is 7.06. The Morgan fingerprint density at radius 3 is 2.57 bits per heavy atom. The first kappa shape index (κ1) is 18.1. The second-order valence-electron chi connectivity index (χ2n) is 5.39. The number of ether oxygens (including phenoxy) is 2. The van der Waals surface area contributed by atoms with Gasteiger partial charge in [-0.3, -0.25) is 9.69 Å². The topological polar surface area (TPSA) is 38.8 Å². The molecule has 21 heavy (non-hydrogen) atoms. The van der Waals surface area contributed by atoms with E-state index in [0.29, 0.717) is 24.6 Å². The summed E-state index contributed by atoms with van der Waals surface area (Å²) in [5.74, 6) is 1.34. The van der Waals surface area contributed by atoms with Crippen molar-refractivity contribution in [2.45, 2.75) is 13.8 Å². The van der Waals surface area contributed by atoms with Gasteiger partial charge in [0.25, 0.3) is 0 Å². The molecule has 0 N–H and O–H groups in total. The van der Waals surface area contributed by atoms with E-state index < -0.39 is 0 Å². The van der Waals surface area contributed by atoms with E-state index in [1.807, 2.05) is 6.07 Å². The van der Waals surface area contributed by atoms with E-state index in [0.717, 1.165) is 23.3 Å². The number of benzene rings is 1. The quantitative estimate of drug-likeness (QED) is 0.636. The third-order valence-electron chi connectivity index (χ3n) is 3.08. The predicted molar refractivity (Wildman–Crippen MR) is 88.2 cm³/mol. The average Bonchev–Trinajstić information content (AvgIpc) is 2.43. The molecule has 0 radical (unpaired) electrons. The van der Waals surface area contributed by atoms with Crippen LogP contribution in [0.15, 0.2) is 22.7 Å². The molecule has 0 bridgehead atoms. The molecule has 118 valence electrons. The number of methoxy groups -OCH3 is 2. The molecule has 0 aromatic heterocycles. The highest BCUT2D eigenvalue weighted by Gasteiger charge is 2.15. The highest BCUT2D eigenvalue weighted by atomic mass is 79.9. The van der Waals surface area contributed by atoms with E-state index in [-0.39, 0.29) is 5.78 Å². The van der Waals surface area contributed by atoms with E-state index in [1.165, 1.54) is 0 Å². The van der Waals surface area contributed by atoms with Crippen molar-refractivity contribution in [1.82, 2.24) is 4.90 Å². The van der Waals surface area contributed by atoms with Crippen molar-refractivity contribution in [3.63, 3.8) is 0 Å². The fourth-order valence-electron chi connectivity index (χ4n) is 2.11. The lowest BCUT2D eigenvalue weighted by atomic mass is 10.1. The molecule has 0 aliphatic rings. The van der Waals surface area contributed by atoms with Crippen molar-refractivity contribution in [1.29, 1.82) is 0 Å². The van der Waals surface area contributed by atoms with Crippen molar-refractivity contribution in [3.8, 4) is 5.75 Å². The zero-order valence-corrected chi connectivity index (χ0v) is 14.8. The van der Waals surface area contributed by atoms with Gasteiger partial charge in [-0.05, 0) is 40.0 Å². The molecule has 4 nitrogen and oxygen atoms in total.